The Morgan fingerprint density at radius 2 is 1.61 bits per heavy atom. The molecule has 2 aromatic rings. The van der Waals surface area contributed by atoms with Gasteiger partial charge in [0.1, 0.15) is 6.54 Å². The van der Waals surface area contributed by atoms with E-state index in [9.17, 15) is 14.4 Å². The number of piperidine rings is 2. The van der Waals surface area contributed by atoms with E-state index in [4.69, 9.17) is 4.74 Å². The van der Waals surface area contributed by atoms with Crippen LogP contribution in [0.3, 0.4) is 0 Å². The third kappa shape index (κ3) is 4.44. The SMILES string of the molecule is C1CC2CC(C1)C1CC21.CCOC(=O)Cn1c(=O)n(C2CC3CCCC(C2)N3)c(=O)c2ccccc21. The number of carbonyl (C=O) groups excluding carboxylic acids is 1. The summed E-state index contributed by atoms with van der Waals surface area (Å²) in [6, 6.07) is 7.53. The van der Waals surface area contributed by atoms with Crippen LogP contribution in [0.2, 0.25) is 0 Å². The van der Waals surface area contributed by atoms with Crippen LogP contribution in [0.15, 0.2) is 33.9 Å². The van der Waals surface area contributed by atoms with E-state index in [1.54, 1.807) is 63.3 Å². The van der Waals surface area contributed by atoms with Crippen molar-refractivity contribution in [3.05, 3.63) is 45.1 Å². The second kappa shape index (κ2) is 9.81. The van der Waals surface area contributed by atoms with Gasteiger partial charge in [0.15, 0.2) is 0 Å². The molecule has 4 bridgehead atoms. The van der Waals surface area contributed by atoms with Gasteiger partial charge in [-0.3, -0.25) is 18.7 Å². The van der Waals surface area contributed by atoms with Crippen LogP contribution >= 0.6 is 0 Å². The van der Waals surface area contributed by atoms with Gasteiger partial charge in [0.2, 0.25) is 0 Å². The van der Waals surface area contributed by atoms with E-state index in [1.165, 1.54) is 39.2 Å². The van der Waals surface area contributed by atoms with Gasteiger partial charge in [-0.25, -0.2) is 4.79 Å². The van der Waals surface area contributed by atoms with Crippen molar-refractivity contribution < 1.29 is 9.53 Å². The van der Waals surface area contributed by atoms with Crippen LogP contribution < -0.4 is 16.6 Å². The number of carbonyl (C=O) groups is 1. The number of nitrogens with one attached hydrogen (secondary N) is 1. The van der Waals surface area contributed by atoms with Gasteiger partial charge in [0.05, 0.1) is 17.5 Å². The molecule has 6 atom stereocenters. The minimum Gasteiger partial charge on any atom is -0.465 e. The minimum atomic E-state index is -0.475. The maximum absolute atomic E-state index is 13.3. The minimum absolute atomic E-state index is 0.139. The lowest BCUT2D eigenvalue weighted by atomic mass is 9.84. The van der Waals surface area contributed by atoms with Crippen molar-refractivity contribution in [3.63, 3.8) is 0 Å². The molecular formula is C29H39N3O4. The Bertz CT molecular complexity index is 1220. The van der Waals surface area contributed by atoms with Gasteiger partial charge in [-0.1, -0.05) is 37.8 Å². The maximum Gasteiger partial charge on any atom is 0.332 e. The molecule has 1 aromatic carbocycles. The summed E-state index contributed by atoms with van der Waals surface area (Å²) in [7, 11) is 0. The van der Waals surface area contributed by atoms with Crippen molar-refractivity contribution in [2.24, 2.45) is 23.7 Å². The summed E-state index contributed by atoms with van der Waals surface area (Å²) >= 11 is 0. The number of hydrogen-bond acceptors (Lipinski definition) is 5. The van der Waals surface area contributed by atoms with E-state index in [-0.39, 0.29) is 24.8 Å². The Morgan fingerprint density at radius 3 is 2.28 bits per heavy atom. The van der Waals surface area contributed by atoms with Crippen LogP contribution in [0.1, 0.15) is 77.2 Å². The number of rotatable bonds is 4. The zero-order chi connectivity index (χ0) is 24.8. The van der Waals surface area contributed by atoms with Crippen molar-refractivity contribution in [2.75, 3.05) is 6.61 Å². The fourth-order valence-corrected chi connectivity index (χ4v) is 7.96. The van der Waals surface area contributed by atoms with Crippen LogP contribution in [-0.4, -0.2) is 33.8 Å². The van der Waals surface area contributed by atoms with E-state index in [0.29, 0.717) is 23.0 Å². The van der Waals surface area contributed by atoms with Gasteiger partial charge in [0, 0.05) is 18.1 Å². The van der Waals surface area contributed by atoms with Gasteiger partial charge >= 0.3 is 11.7 Å². The number of nitrogens with zero attached hydrogens (tertiary/aromatic N) is 2. The van der Waals surface area contributed by atoms with E-state index < -0.39 is 11.7 Å². The number of fused-ring (bicyclic) bond motifs is 8. The number of benzene rings is 1. The fraction of sp³-hybridized carbons (Fsp3) is 0.690. The molecule has 6 unspecified atom stereocenters. The van der Waals surface area contributed by atoms with Gasteiger partial charge in [0.25, 0.3) is 5.56 Å². The standard InChI is InChI=1S/C20H25N3O4.C9H14/c1-2-27-18(24)12-22-17-9-4-3-8-16(17)19(25)23(20(22)26)15-10-13-6-5-7-14(11-15)21-13;1-2-6-4-7(3-1)9-5-8(6)9/h3-4,8-9,13-15,21H,2,5-7,10-12H2,1H3;6-9H,1-5H2. The maximum atomic E-state index is 13.3. The summed E-state index contributed by atoms with van der Waals surface area (Å²) in [5, 5.41) is 4.06. The Labute approximate surface area is 212 Å². The second-order valence-corrected chi connectivity index (χ2v) is 11.7. The molecule has 5 fully saturated rings. The van der Waals surface area contributed by atoms with Crippen LogP contribution in [0.4, 0.5) is 0 Å². The first-order valence-electron chi connectivity index (χ1n) is 14.2. The van der Waals surface area contributed by atoms with Crippen molar-refractivity contribution in [3.8, 4) is 0 Å². The molecule has 3 heterocycles. The molecule has 0 spiro atoms. The molecular weight excluding hydrogens is 454 g/mol. The average Bonchev–Trinajstić information content (AvgIpc) is 3.64. The first-order valence-corrected chi connectivity index (χ1v) is 14.2. The summed E-state index contributed by atoms with van der Waals surface area (Å²) < 4.78 is 7.79. The molecule has 194 valence electrons. The molecule has 1 aromatic heterocycles. The normalized spacial score (nSPS) is 33.9. The molecule has 7 heteroatoms. The number of hydrogen-bond donors (Lipinski definition) is 1. The quantitative estimate of drug-likeness (QED) is 0.651. The van der Waals surface area contributed by atoms with Crippen LogP contribution in [0, 0.1) is 23.7 Å². The third-order valence-corrected chi connectivity index (χ3v) is 9.59. The highest BCUT2D eigenvalue weighted by Crippen LogP contribution is 2.63. The van der Waals surface area contributed by atoms with Gasteiger partial charge in [-0.15, -0.1) is 0 Å². The van der Waals surface area contributed by atoms with E-state index >= 15 is 0 Å². The van der Waals surface area contributed by atoms with Crippen LogP contribution in [0.25, 0.3) is 10.9 Å². The molecule has 7 rings (SSSR count). The lowest BCUT2D eigenvalue weighted by Gasteiger charge is -2.40. The number of para-hydroxylation sites is 1. The van der Waals surface area contributed by atoms with Crippen molar-refractivity contribution in [1.29, 1.82) is 0 Å². The monoisotopic (exact) mass is 493 g/mol. The molecule has 2 saturated heterocycles. The number of esters is 1. The summed E-state index contributed by atoms with van der Waals surface area (Å²) in [4.78, 5) is 38.5. The molecule has 36 heavy (non-hydrogen) atoms. The summed E-state index contributed by atoms with van der Waals surface area (Å²) in [6.45, 7) is 1.79. The molecule has 2 aliphatic heterocycles. The van der Waals surface area contributed by atoms with Crippen molar-refractivity contribution in [2.45, 2.75) is 95.8 Å². The highest BCUT2D eigenvalue weighted by atomic mass is 16.5. The predicted molar refractivity (Wildman–Crippen MR) is 139 cm³/mol. The van der Waals surface area contributed by atoms with Crippen LogP contribution in [0.5, 0.6) is 0 Å². The Balaban J connectivity index is 0.000000219. The van der Waals surface area contributed by atoms with E-state index in [2.05, 4.69) is 5.32 Å². The predicted octanol–water partition coefficient (Wildman–Crippen LogP) is 4.01. The highest BCUT2D eigenvalue weighted by Gasteiger charge is 2.54. The Hall–Kier alpha value is -2.41. The van der Waals surface area contributed by atoms with Crippen molar-refractivity contribution in [1.82, 2.24) is 14.5 Å². The summed E-state index contributed by atoms with van der Waals surface area (Å²) in [5.41, 5.74) is -0.205. The van der Waals surface area contributed by atoms with E-state index in [0.717, 1.165) is 25.7 Å². The number of aromatic nitrogens is 2. The topological polar surface area (TPSA) is 82.3 Å². The molecule has 3 aliphatic carbocycles. The lowest BCUT2D eigenvalue weighted by Crippen LogP contribution is -2.53. The zero-order valence-electron chi connectivity index (χ0n) is 21.4. The Kier molecular flexibility index (Phi) is 6.53. The highest BCUT2D eigenvalue weighted by molar-refractivity contribution is 5.80. The molecule has 1 N–H and O–H groups in total. The van der Waals surface area contributed by atoms with Gasteiger partial charge in [-0.05, 0) is 81.3 Å². The smallest absolute Gasteiger partial charge is 0.332 e. The first kappa shape index (κ1) is 24.0. The lowest BCUT2D eigenvalue weighted by molar-refractivity contribution is -0.143. The Morgan fingerprint density at radius 1 is 0.944 bits per heavy atom. The summed E-state index contributed by atoms with van der Waals surface area (Å²) in [6.07, 6.45) is 12.8. The fourth-order valence-electron chi connectivity index (χ4n) is 7.96. The van der Waals surface area contributed by atoms with Gasteiger partial charge < -0.3 is 10.1 Å². The third-order valence-electron chi connectivity index (χ3n) is 9.59. The zero-order valence-corrected chi connectivity index (χ0v) is 21.4. The second-order valence-electron chi connectivity index (χ2n) is 11.7. The largest absolute Gasteiger partial charge is 0.465 e. The number of ether oxygens (including phenoxy) is 1. The molecule has 0 amide bonds. The molecule has 7 nitrogen and oxygen atoms in total. The summed E-state index contributed by atoms with van der Waals surface area (Å²) in [5.74, 6) is 4.40. The average molecular weight is 494 g/mol. The van der Waals surface area contributed by atoms with Crippen LogP contribution in [-0.2, 0) is 16.1 Å². The van der Waals surface area contributed by atoms with Crippen molar-refractivity contribution >= 4 is 16.9 Å². The molecule has 5 aliphatic rings. The first-order chi connectivity index (χ1) is 17.5. The van der Waals surface area contributed by atoms with E-state index in [1.807, 2.05) is 0 Å². The molecule has 0 radical (unpaired) electrons. The molecule has 3 saturated carbocycles. The van der Waals surface area contributed by atoms with Gasteiger partial charge in [-0.2, -0.15) is 0 Å².